The molecule has 0 heterocycles. The van der Waals surface area contributed by atoms with Crippen molar-refractivity contribution >= 4 is 0 Å². The van der Waals surface area contributed by atoms with E-state index in [9.17, 15) is 4.39 Å². The van der Waals surface area contributed by atoms with E-state index in [4.69, 9.17) is 5.26 Å². The van der Waals surface area contributed by atoms with Gasteiger partial charge in [0.25, 0.3) is 0 Å². The van der Waals surface area contributed by atoms with Crippen LogP contribution < -0.4 is 0 Å². The highest BCUT2D eigenvalue weighted by Gasteiger charge is 2.09. The van der Waals surface area contributed by atoms with Crippen LogP contribution >= 0.6 is 0 Å². The third kappa shape index (κ3) is 4.16. The fourth-order valence-corrected chi connectivity index (χ4v) is 1.82. The van der Waals surface area contributed by atoms with E-state index in [2.05, 4.69) is 24.8 Å². The molecule has 2 nitrogen and oxygen atoms in total. The second kappa shape index (κ2) is 6.36. The summed E-state index contributed by atoms with van der Waals surface area (Å²) in [6.45, 7) is 5.91. The van der Waals surface area contributed by atoms with Crippen LogP contribution in [0.15, 0.2) is 18.2 Å². The summed E-state index contributed by atoms with van der Waals surface area (Å²) in [5.41, 5.74) is 1.32. The van der Waals surface area contributed by atoms with Crippen molar-refractivity contribution in [2.24, 2.45) is 5.92 Å². The summed E-state index contributed by atoms with van der Waals surface area (Å²) in [5.74, 6) is 0.329. The zero-order chi connectivity index (χ0) is 12.8. The molecule has 0 N–H and O–H groups in total. The van der Waals surface area contributed by atoms with Gasteiger partial charge in [0.15, 0.2) is 0 Å². The average Bonchev–Trinajstić information content (AvgIpc) is 2.29. The monoisotopic (exact) mass is 234 g/mol. The van der Waals surface area contributed by atoms with Crippen molar-refractivity contribution in [3.8, 4) is 6.07 Å². The lowest BCUT2D eigenvalue weighted by atomic mass is 10.1. The quantitative estimate of drug-likeness (QED) is 0.782. The van der Waals surface area contributed by atoms with E-state index < -0.39 is 0 Å². The molecule has 1 atom stereocenters. The van der Waals surface area contributed by atoms with E-state index in [0.717, 1.165) is 18.5 Å². The molecule has 1 unspecified atom stereocenters. The highest BCUT2D eigenvalue weighted by Crippen LogP contribution is 2.13. The molecule has 0 aliphatic heterocycles. The molecule has 0 amide bonds. The number of hydrogen-bond donors (Lipinski definition) is 0. The fraction of sp³-hybridized carbons (Fsp3) is 0.500. The maximum absolute atomic E-state index is 13.1. The van der Waals surface area contributed by atoms with E-state index in [1.807, 2.05) is 7.05 Å². The number of rotatable bonds is 5. The molecule has 0 bridgehead atoms. The Morgan fingerprint density at radius 3 is 2.76 bits per heavy atom. The zero-order valence-electron chi connectivity index (χ0n) is 10.7. The van der Waals surface area contributed by atoms with E-state index in [-0.39, 0.29) is 5.82 Å². The van der Waals surface area contributed by atoms with Crippen LogP contribution in [0.5, 0.6) is 0 Å². The van der Waals surface area contributed by atoms with Gasteiger partial charge < -0.3 is 4.90 Å². The Labute approximate surface area is 103 Å². The number of hydrogen-bond acceptors (Lipinski definition) is 2. The lowest BCUT2D eigenvalue weighted by molar-refractivity contribution is 0.275. The average molecular weight is 234 g/mol. The van der Waals surface area contributed by atoms with Crippen molar-refractivity contribution in [1.82, 2.24) is 4.90 Å². The molecule has 3 heteroatoms. The highest BCUT2D eigenvalue weighted by molar-refractivity contribution is 5.37. The van der Waals surface area contributed by atoms with Gasteiger partial charge in [-0.15, -0.1) is 0 Å². The van der Waals surface area contributed by atoms with Crippen molar-refractivity contribution in [3.63, 3.8) is 0 Å². The molecule has 0 saturated carbocycles. The molecule has 0 aliphatic rings. The lowest BCUT2D eigenvalue weighted by Crippen LogP contribution is -2.24. The van der Waals surface area contributed by atoms with Gasteiger partial charge in [-0.2, -0.15) is 5.26 Å². The van der Waals surface area contributed by atoms with Gasteiger partial charge in [0.05, 0.1) is 11.6 Å². The number of nitriles is 1. The fourth-order valence-electron chi connectivity index (χ4n) is 1.82. The first-order chi connectivity index (χ1) is 8.06. The van der Waals surface area contributed by atoms with Crippen LogP contribution in [0.25, 0.3) is 0 Å². The van der Waals surface area contributed by atoms with E-state index in [1.165, 1.54) is 12.1 Å². The molecule has 0 spiro atoms. The van der Waals surface area contributed by atoms with Crippen molar-refractivity contribution in [3.05, 3.63) is 35.1 Å². The first-order valence-electron chi connectivity index (χ1n) is 5.93. The summed E-state index contributed by atoms with van der Waals surface area (Å²) < 4.78 is 13.1. The second-order valence-corrected chi connectivity index (χ2v) is 4.62. The summed E-state index contributed by atoms with van der Waals surface area (Å²) in [6.07, 6.45) is 1.12. The van der Waals surface area contributed by atoms with Gasteiger partial charge in [-0.05, 0) is 36.7 Å². The van der Waals surface area contributed by atoms with E-state index >= 15 is 0 Å². The van der Waals surface area contributed by atoms with Crippen LogP contribution in [-0.4, -0.2) is 18.5 Å². The van der Waals surface area contributed by atoms with E-state index in [0.29, 0.717) is 18.0 Å². The summed E-state index contributed by atoms with van der Waals surface area (Å²) in [5, 5.41) is 8.96. The first-order valence-corrected chi connectivity index (χ1v) is 5.93. The van der Waals surface area contributed by atoms with Gasteiger partial charge in [-0.25, -0.2) is 4.39 Å². The SMILES string of the molecule is CCC(C)CN(C)Cc1cc(F)ccc1C#N. The molecular formula is C14H19FN2. The van der Waals surface area contributed by atoms with Crippen LogP contribution in [-0.2, 0) is 6.54 Å². The summed E-state index contributed by atoms with van der Waals surface area (Å²) >= 11 is 0. The normalized spacial score (nSPS) is 12.5. The lowest BCUT2D eigenvalue weighted by Gasteiger charge is -2.20. The first kappa shape index (κ1) is 13.7. The molecule has 0 fully saturated rings. The zero-order valence-corrected chi connectivity index (χ0v) is 10.7. The van der Waals surface area contributed by atoms with Crippen molar-refractivity contribution in [2.45, 2.75) is 26.8 Å². The molecular weight excluding hydrogens is 215 g/mol. The number of benzene rings is 1. The molecule has 1 rings (SSSR count). The minimum Gasteiger partial charge on any atom is -0.302 e. The van der Waals surface area contributed by atoms with Gasteiger partial charge in [0.1, 0.15) is 5.82 Å². The molecule has 0 aliphatic carbocycles. The Bertz CT molecular complexity index is 409. The summed E-state index contributed by atoms with van der Waals surface area (Å²) in [6, 6.07) is 6.43. The van der Waals surface area contributed by atoms with Gasteiger partial charge in [-0.1, -0.05) is 20.3 Å². The molecule has 0 aromatic heterocycles. The number of halogens is 1. The highest BCUT2D eigenvalue weighted by atomic mass is 19.1. The van der Waals surface area contributed by atoms with Crippen LogP contribution in [0.2, 0.25) is 0 Å². The van der Waals surface area contributed by atoms with Crippen LogP contribution in [0.3, 0.4) is 0 Å². The molecule has 1 aromatic rings. The third-order valence-electron chi connectivity index (χ3n) is 2.95. The molecule has 17 heavy (non-hydrogen) atoms. The topological polar surface area (TPSA) is 27.0 Å². The molecule has 1 aromatic carbocycles. The Kier molecular flexibility index (Phi) is 5.11. The minimum absolute atomic E-state index is 0.282. The second-order valence-electron chi connectivity index (χ2n) is 4.62. The molecule has 92 valence electrons. The molecule has 0 radical (unpaired) electrons. The Hall–Kier alpha value is -1.40. The minimum atomic E-state index is -0.282. The van der Waals surface area contributed by atoms with Gasteiger partial charge in [-0.3, -0.25) is 0 Å². The predicted octanol–water partition coefficient (Wildman–Crippen LogP) is 3.18. The van der Waals surface area contributed by atoms with E-state index in [1.54, 1.807) is 6.07 Å². The predicted molar refractivity (Wildman–Crippen MR) is 66.9 cm³/mol. The summed E-state index contributed by atoms with van der Waals surface area (Å²) in [7, 11) is 2.00. The van der Waals surface area contributed by atoms with Crippen molar-refractivity contribution in [1.29, 1.82) is 5.26 Å². The maximum Gasteiger partial charge on any atom is 0.123 e. The standard InChI is InChI=1S/C14H19FN2/c1-4-11(2)9-17(3)10-13-7-14(15)6-5-12(13)8-16/h5-7,11H,4,9-10H2,1-3H3. The Morgan fingerprint density at radius 2 is 2.18 bits per heavy atom. The van der Waals surface area contributed by atoms with Crippen LogP contribution in [0, 0.1) is 23.1 Å². The molecule has 0 saturated heterocycles. The van der Waals surface area contributed by atoms with Crippen molar-refractivity contribution < 1.29 is 4.39 Å². The smallest absolute Gasteiger partial charge is 0.123 e. The summed E-state index contributed by atoms with van der Waals surface area (Å²) in [4.78, 5) is 2.13. The van der Waals surface area contributed by atoms with Crippen LogP contribution in [0.1, 0.15) is 31.4 Å². The van der Waals surface area contributed by atoms with Gasteiger partial charge in [0.2, 0.25) is 0 Å². The van der Waals surface area contributed by atoms with Gasteiger partial charge >= 0.3 is 0 Å². The van der Waals surface area contributed by atoms with Gasteiger partial charge in [0, 0.05) is 13.1 Å². The Morgan fingerprint density at radius 1 is 1.47 bits per heavy atom. The third-order valence-corrected chi connectivity index (χ3v) is 2.95. The Balaban J connectivity index is 2.74. The van der Waals surface area contributed by atoms with Crippen molar-refractivity contribution in [2.75, 3.05) is 13.6 Å². The maximum atomic E-state index is 13.1. The largest absolute Gasteiger partial charge is 0.302 e. The number of nitrogens with zero attached hydrogens (tertiary/aromatic N) is 2. The van der Waals surface area contributed by atoms with Crippen LogP contribution in [0.4, 0.5) is 4.39 Å².